The first-order valence-electron chi connectivity index (χ1n) is 9.46. The van der Waals surface area contributed by atoms with Gasteiger partial charge < -0.3 is 20.1 Å². The number of carbonyl (C=O) groups is 1. The summed E-state index contributed by atoms with van der Waals surface area (Å²) in [5.74, 6) is 2.03. The van der Waals surface area contributed by atoms with Gasteiger partial charge in [-0.2, -0.15) is 0 Å². The van der Waals surface area contributed by atoms with E-state index in [2.05, 4.69) is 20.2 Å². The van der Waals surface area contributed by atoms with Gasteiger partial charge in [0.05, 0.1) is 19.7 Å². The van der Waals surface area contributed by atoms with E-state index in [1.807, 2.05) is 32.0 Å². The summed E-state index contributed by atoms with van der Waals surface area (Å²) in [6.45, 7) is 6.27. The predicted octanol–water partition coefficient (Wildman–Crippen LogP) is 1.90. The van der Waals surface area contributed by atoms with Gasteiger partial charge in [0, 0.05) is 13.1 Å². The van der Waals surface area contributed by atoms with E-state index >= 15 is 0 Å². The molecule has 1 aliphatic carbocycles. The molecule has 1 aromatic carbocycles. The van der Waals surface area contributed by atoms with Crippen LogP contribution in [0.5, 0.6) is 5.75 Å². The van der Waals surface area contributed by atoms with Gasteiger partial charge in [0.25, 0.3) is 0 Å². The van der Waals surface area contributed by atoms with Crippen molar-refractivity contribution in [1.29, 1.82) is 0 Å². The molecule has 1 saturated carbocycles. The predicted molar refractivity (Wildman–Crippen MR) is 103 cm³/mol. The number of amidine groups is 1. The minimum Gasteiger partial charge on any atom is -0.496 e. The standard InChI is InChI=1S/C20H26N4O3/c1-11-6-13(4-5-16(11)27-3)8-21-18-17(19(25)26)12(2)22-20(23-18)24-9-14-7-15(14)10-24/h4-6,12,14-15,17H,7-10H2,1-3H3,(H,25,26)(H,21,22,23). The molecule has 27 heavy (non-hydrogen) atoms. The van der Waals surface area contributed by atoms with Crippen LogP contribution >= 0.6 is 0 Å². The quantitative estimate of drug-likeness (QED) is 0.845. The summed E-state index contributed by atoms with van der Waals surface area (Å²) < 4.78 is 5.29. The van der Waals surface area contributed by atoms with Gasteiger partial charge in [-0.3, -0.25) is 9.79 Å². The van der Waals surface area contributed by atoms with E-state index in [1.165, 1.54) is 6.42 Å². The lowest BCUT2D eigenvalue weighted by Crippen LogP contribution is -2.54. The maximum Gasteiger partial charge on any atom is 0.316 e. The molecule has 2 N–H and O–H groups in total. The van der Waals surface area contributed by atoms with E-state index in [0.717, 1.165) is 47.8 Å². The molecule has 1 aromatic rings. The molecule has 2 fully saturated rings. The van der Waals surface area contributed by atoms with Crippen LogP contribution in [0.25, 0.3) is 0 Å². The maximum absolute atomic E-state index is 11.8. The number of piperidine rings is 1. The first-order valence-corrected chi connectivity index (χ1v) is 9.46. The number of benzene rings is 1. The number of nitrogens with one attached hydrogen (secondary N) is 1. The van der Waals surface area contributed by atoms with E-state index in [1.54, 1.807) is 7.11 Å². The average molecular weight is 370 g/mol. The Morgan fingerprint density at radius 2 is 2.15 bits per heavy atom. The Hall–Kier alpha value is -2.57. The largest absolute Gasteiger partial charge is 0.496 e. The number of aryl methyl sites for hydroxylation is 1. The molecule has 7 nitrogen and oxygen atoms in total. The van der Waals surface area contributed by atoms with Crippen molar-refractivity contribution in [2.45, 2.75) is 32.9 Å². The highest BCUT2D eigenvalue weighted by atomic mass is 16.5. The smallest absolute Gasteiger partial charge is 0.316 e. The van der Waals surface area contributed by atoms with Crippen molar-refractivity contribution in [3.05, 3.63) is 29.3 Å². The molecule has 2 aliphatic heterocycles. The molecule has 3 aliphatic rings. The second-order valence-electron chi connectivity index (χ2n) is 7.80. The molecule has 4 rings (SSSR count). The number of carboxylic acids is 1. The highest BCUT2D eigenvalue weighted by Gasteiger charge is 2.47. The van der Waals surface area contributed by atoms with E-state index < -0.39 is 11.9 Å². The number of aliphatic carboxylic acids is 1. The van der Waals surface area contributed by atoms with Gasteiger partial charge in [-0.25, -0.2) is 4.99 Å². The first-order chi connectivity index (χ1) is 13.0. The highest BCUT2D eigenvalue weighted by molar-refractivity contribution is 6.10. The first kappa shape index (κ1) is 17.8. The number of nitrogens with zero attached hydrogens (tertiary/aromatic N) is 3. The zero-order valence-corrected chi connectivity index (χ0v) is 16.0. The molecular weight excluding hydrogens is 344 g/mol. The topological polar surface area (TPSA) is 86.5 Å². The lowest BCUT2D eigenvalue weighted by molar-refractivity contribution is -0.139. The van der Waals surface area contributed by atoms with Crippen LogP contribution in [0.1, 0.15) is 24.5 Å². The van der Waals surface area contributed by atoms with Crippen LogP contribution in [0.2, 0.25) is 0 Å². The monoisotopic (exact) mass is 370 g/mol. The number of carboxylic acid groups (broad SMARTS) is 1. The van der Waals surface area contributed by atoms with Crippen LogP contribution in [0, 0.1) is 24.7 Å². The third-order valence-electron chi connectivity index (χ3n) is 5.78. The van der Waals surface area contributed by atoms with E-state index in [-0.39, 0.29) is 6.04 Å². The summed E-state index contributed by atoms with van der Waals surface area (Å²) in [5.41, 5.74) is 2.05. The van der Waals surface area contributed by atoms with Crippen LogP contribution in [-0.4, -0.2) is 54.0 Å². The normalized spacial score (nSPS) is 30.6. The fourth-order valence-corrected chi connectivity index (χ4v) is 4.13. The SMILES string of the molecule is COc1ccc(CN=C2NC(N3CC4CC4C3)=NC(C)C2C(=O)O)cc1C. The Labute approximate surface area is 159 Å². The Bertz CT molecular complexity index is 809. The summed E-state index contributed by atoms with van der Waals surface area (Å²) in [4.78, 5) is 23.3. The number of hydrogen-bond donors (Lipinski definition) is 2. The van der Waals surface area contributed by atoms with E-state index in [0.29, 0.717) is 12.4 Å². The fourth-order valence-electron chi connectivity index (χ4n) is 4.13. The van der Waals surface area contributed by atoms with Gasteiger partial charge in [0.15, 0.2) is 5.96 Å². The van der Waals surface area contributed by atoms with Gasteiger partial charge in [-0.1, -0.05) is 12.1 Å². The number of fused-ring (bicyclic) bond motifs is 1. The van der Waals surface area contributed by atoms with Crippen LogP contribution in [-0.2, 0) is 11.3 Å². The number of aliphatic imine (C=N–C) groups is 2. The zero-order valence-electron chi connectivity index (χ0n) is 16.0. The summed E-state index contributed by atoms with van der Waals surface area (Å²) >= 11 is 0. The molecule has 2 heterocycles. The van der Waals surface area contributed by atoms with Crippen LogP contribution in [0.4, 0.5) is 0 Å². The van der Waals surface area contributed by atoms with Crippen LogP contribution < -0.4 is 10.1 Å². The van der Waals surface area contributed by atoms with Crippen molar-refractivity contribution in [3.63, 3.8) is 0 Å². The lowest BCUT2D eigenvalue weighted by atomic mass is 9.98. The summed E-state index contributed by atoms with van der Waals surface area (Å²) in [5, 5.41) is 12.9. The Morgan fingerprint density at radius 1 is 1.41 bits per heavy atom. The zero-order chi connectivity index (χ0) is 19.1. The number of rotatable bonds is 4. The van der Waals surface area contributed by atoms with Gasteiger partial charge in [0.2, 0.25) is 0 Å². The molecular formula is C20H26N4O3. The van der Waals surface area contributed by atoms with Crippen LogP contribution in [0.3, 0.4) is 0 Å². The molecule has 4 atom stereocenters. The van der Waals surface area contributed by atoms with E-state index in [4.69, 9.17) is 4.74 Å². The molecule has 0 radical (unpaired) electrons. The average Bonchev–Trinajstić information content (AvgIpc) is 3.24. The van der Waals surface area contributed by atoms with E-state index in [9.17, 15) is 9.90 Å². The molecule has 7 heteroatoms. The van der Waals surface area contributed by atoms with Crippen molar-refractivity contribution < 1.29 is 14.6 Å². The maximum atomic E-state index is 11.8. The second kappa shape index (κ2) is 6.87. The van der Waals surface area contributed by atoms with Gasteiger partial charge in [0.1, 0.15) is 17.5 Å². The Balaban J connectivity index is 1.54. The third kappa shape index (κ3) is 3.50. The van der Waals surface area contributed by atoms with Gasteiger partial charge in [-0.15, -0.1) is 0 Å². The molecule has 0 aromatic heterocycles. The van der Waals surface area contributed by atoms with Gasteiger partial charge in [-0.05, 0) is 49.3 Å². The van der Waals surface area contributed by atoms with Crippen molar-refractivity contribution >= 4 is 17.8 Å². The van der Waals surface area contributed by atoms with Crippen molar-refractivity contribution in [1.82, 2.24) is 10.2 Å². The van der Waals surface area contributed by atoms with Crippen LogP contribution in [0.15, 0.2) is 28.2 Å². The summed E-state index contributed by atoms with van der Waals surface area (Å²) in [6, 6.07) is 5.56. The number of methoxy groups -OCH3 is 1. The lowest BCUT2D eigenvalue weighted by Gasteiger charge is -2.32. The summed E-state index contributed by atoms with van der Waals surface area (Å²) in [6.07, 6.45) is 1.31. The fraction of sp³-hybridized carbons (Fsp3) is 0.550. The number of likely N-dealkylation sites (tertiary alicyclic amines) is 1. The molecule has 144 valence electrons. The minimum absolute atomic E-state index is 0.341. The number of ether oxygens (including phenoxy) is 1. The number of hydrogen-bond acceptors (Lipinski definition) is 5. The van der Waals surface area contributed by atoms with Crippen molar-refractivity contribution in [3.8, 4) is 5.75 Å². The molecule has 1 saturated heterocycles. The van der Waals surface area contributed by atoms with Crippen molar-refractivity contribution in [2.75, 3.05) is 20.2 Å². The number of guanidine groups is 1. The van der Waals surface area contributed by atoms with Crippen molar-refractivity contribution in [2.24, 2.45) is 27.7 Å². The molecule has 0 bridgehead atoms. The summed E-state index contributed by atoms with van der Waals surface area (Å²) in [7, 11) is 1.65. The molecule has 0 spiro atoms. The Morgan fingerprint density at radius 3 is 2.78 bits per heavy atom. The molecule has 4 unspecified atom stereocenters. The second-order valence-corrected chi connectivity index (χ2v) is 7.80. The molecule has 0 amide bonds. The third-order valence-corrected chi connectivity index (χ3v) is 5.78. The van der Waals surface area contributed by atoms with Gasteiger partial charge >= 0.3 is 5.97 Å². The Kier molecular flexibility index (Phi) is 4.53. The highest BCUT2D eigenvalue weighted by Crippen LogP contribution is 2.45. The minimum atomic E-state index is -0.897.